The van der Waals surface area contributed by atoms with Gasteiger partial charge in [0.15, 0.2) is 11.5 Å². The summed E-state index contributed by atoms with van der Waals surface area (Å²) in [7, 11) is 0. The van der Waals surface area contributed by atoms with E-state index >= 15 is 0 Å². The summed E-state index contributed by atoms with van der Waals surface area (Å²) in [6.45, 7) is 0.915. The fourth-order valence-corrected chi connectivity index (χ4v) is 2.78. The van der Waals surface area contributed by atoms with Gasteiger partial charge in [-0.25, -0.2) is 9.97 Å². The van der Waals surface area contributed by atoms with Crippen LogP contribution in [0.3, 0.4) is 0 Å². The van der Waals surface area contributed by atoms with Gasteiger partial charge in [0.2, 0.25) is 23.3 Å². The van der Waals surface area contributed by atoms with Gasteiger partial charge in [0.1, 0.15) is 0 Å². The number of hydrogen-bond acceptors (Lipinski definition) is 9. The number of carbonyl (C=O) groups excluding carboxylic acids is 1. The molecule has 0 saturated carbocycles. The molecule has 1 aliphatic rings. The van der Waals surface area contributed by atoms with Gasteiger partial charge >= 0.3 is 0 Å². The van der Waals surface area contributed by atoms with E-state index in [4.69, 9.17) is 13.5 Å². The van der Waals surface area contributed by atoms with Crippen molar-refractivity contribution in [1.29, 1.82) is 0 Å². The zero-order chi connectivity index (χ0) is 18.2. The van der Waals surface area contributed by atoms with Gasteiger partial charge in [-0.3, -0.25) is 4.79 Å². The normalized spacial score (nSPS) is 14.3. The average Bonchev–Trinajstić information content (AvgIpc) is 3.41. The largest absolute Gasteiger partial charge is 0.461 e. The molecule has 4 aromatic rings. The summed E-state index contributed by atoms with van der Waals surface area (Å²) >= 11 is 0. The Bertz CT molecular complexity index is 1070. The molecule has 1 amide bonds. The highest BCUT2D eigenvalue weighted by Gasteiger charge is 2.37. The van der Waals surface area contributed by atoms with Crippen molar-refractivity contribution in [2.45, 2.75) is 5.92 Å². The minimum absolute atomic E-state index is 0.0321. The highest BCUT2D eigenvalue weighted by Crippen LogP contribution is 2.29. The van der Waals surface area contributed by atoms with Crippen LogP contribution in [0.1, 0.15) is 22.3 Å². The van der Waals surface area contributed by atoms with Crippen LogP contribution in [0.15, 0.2) is 56.4 Å². The Balaban J connectivity index is 1.24. The first kappa shape index (κ1) is 15.4. The summed E-state index contributed by atoms with van der Waals surface area (Å²) in [5, 5.41) is 7.72. The second-order valence-electron chi connectivity index (χ2n) is 5.99. The molecule has 4 aromatic heterocycles. The lowest BCUT2D eigenvalue weighted by molar-refractivity contribution is 0.0558. The van der Waals surface area contributed by atoms with Gasteiger partial charge < -0.3 is 18.4 Å². The highest BCUT2D eigenvalue weighted by atomic mass is 16.5. The zero-order valence-electron chi connectivity index (χ0n) is 13.8. The Kier molecular flexibility index (Phi) is 3.52. The highest BCUT2D eigenvalue weighted by molar-refractivity contribution is 5.93. The second-order valence-corrected chi connectivity index (χ2v) is 5.99. The van der Waals surface area contributed by atoms with Crippen LogP contribution in [0, 0.1) is 0 Å². The molecule has 1 aliphatic heterocycles. The van der Waals surface area contributed by atoms with E-state index in [1.807, 2.05) is 0 Å². The molecular formula is C17H12N6O4. The molecule has 5 rings (SSSR count). The quantitative estimate of drug-likeness (QED) is 0.534. The van der Waals surface area contributed by atoms with Gasteiger partial charge in [0, 0.05) is 31.5 Å². The summed E-state index contributed by atoms with van der Waals surface area (Å²) in [6.07, 6.45) is 4.74. The van der Waals surface area contributed by atoms with E-state index in [1.54, 1.807) is 41.6 Å². The van der Waals surface area contributed by atoms with Crippen LogP contribution in [0.5, 0.6) is 0 Å². The first-order valence-corrected chi connectivity index (χ1v) is 8.19. The van der Waals surface area contributed by atoms with Crippen molar-refractivity contribution >= 4 is 5.91 Å². The summed E-state index contributed by atoms with van der Waals surface area (Å²) in [5.41, 5.74) is 0.226. The molecule has 0 aliphatic carbocycles. The fraction of sp³-hybridized carbons (Fsp3) is 0.176. The summed E-state index contributed by atoms with van der Waals surface area (Å²) < 4.78 is 15.7. The number of furan rings is 1. The van der Waals surface area contributed by atoms with Crippen LogP contribution < -0.4 is 0 Å². The Labute approximate surface area is 151 Å². The van der Waals surface area contributed by atoms with E-state index in [2.05, 4.69) is 25.3 Å². The molecule has 27 heavy (non-hydrogen) atoms. The Morgan fingerprint density at radius 2 is 1.89 bits per heavy atom. The number of hydrogen-bond donors (Lipinski definition) is 0. The second kappa shape index (κ2) is 6.16. The van der Waals surface area contributed by atoms with Crippen LogP contribution in [0.25, 0.3) is 23.2 Å². The van der Waals surface area contributed by atoms with Gasteiger partial charge in [0.05, 0.1) is 12.2 Å². The van der Waals surface area contributed by atoms with Gasteiger partial charge in [-0.15, -0.1) is 0 Å². The lowest BCUT2D eigenvalue weighted by Crippen LogP contribution is -2.48. The van der Waals surface area contributed by atoms with Crippen molar-refractivity contribution in [3.63, 3.8) is 0 Å². The van der Waals surface area contributed by atoms with Crippen molar-refractivity contribution in [2.24, 2.45) is 0 Å². The summed E-state index contributed by atoms with van der Waals surface area (Å²) in [5.74, 6) is 1.85. The predicted molar refractivity (Wildman–Crippen MR) is 88.2 cm³/mol. The summed E-state index contributed by atoms with van der Waals surface area (Å²) in [6, 6.07) is 6.74. The zero-order valence-corrected chi connectivity index (χ0v) is 13.8. The molecule has 0 atom stereocenters. The molecule has 0 bridgehead atoms. The number of rotatable bonds is 4. The van der Waals surface area contributed by atoms with Crippen LogP contribution in [0.4, 0.5) is 0 Å². The first-order valence-electron chi connectivity index (χ1n) is 8.19. The SMILES string of the molecule is O=C(c1cc(-c2ccco2)on1)N1CC(c2nc(-c3ncccn3)no2)C1. The van der Waals surface area contributed by atoms with Crippen LogP contribution >= 0.6 is 0 Å². The third-order valence-corrected chi connectivity index (χ3v) is 4.22. The Morgan fingerprint density at radius 1 is 1.04 bits per heavy atom. The number of amides is 1. The number of likely N-dealkylation sites (tertiary alicyclic amines) is 1. The monoisotopic (exact) mass is 364 g/mol. The molecule has 5 heterocycles. The summed E-state index contributed by atoms with van der Waals surface area (Å²) in [4.78, 5) is 26.6. The van der Waals surface area contributed by atoms with Crippen molar-refractivity contribution in [3.05, 3.63) is 54.5 Å². The van der Waals surface area contributed by atoms with Crippen molar-refractivity contribution in [1.82, 2.24) is 30.2 Å². The fourth-order valence-electron chi connectivity index (χ4n) is 2.78. The lowest BCUT2D eigenvalue weighted by atomic mass is 9.99. The number of aromatic nitrogens is 5. The van der Waals surface area contributed by atoms with Crippen molar-refractivity contribution in [3.8, 4) is 23.2 Å². The Morgan fingerprint density at radius 3 is 2.67 bits per heavy atom. The first-order chi connectivity index (χ1) is 13.3. The molecule has 1 saturated heterocycles. The van der Waals surface area contributed by atoms with Gasteiger partial charge in [-0.05, 0) is 18.2 Å². The average molecular weight is 364 g/mol. The number of nitrogens with zero attached hydrogens (tertiary/aromatic N) is 6. The topological polar surface area (TPSA) is 124 Å². The lowest BCUT2D eigenvalue weighted by Gasteiger charge is -2.36. The molecule has 1 fully saturated rings. The minimum Gasteiger partial charge on any atom is -0.461 e. The van der Waals surface area contributed by atoms with Crippen LogP contribution in [-0.2, 0) is 0 Å². The van der Waals surface area contributed by atoms with Crippen molar-refractivity contribution in [2.75, 3.05) is 13.1 Å². The van der Waals surface area contributed by atoms with Crippen LogP contribution in [-0.4, -0.2) is 49.2 Å². The standard InChI is InChI=1S/C17H12N6O4/c24-17(11-7-13(26-21-11)12-3-1-6-25-12)23-8-10(9-23)16-20-15(22-27-16)14-18-4-2-5-19-14/h1-7,10H,8-9H2. The molecule has 0 radical (unpaired) electrons. The predicted octanol–water partition coefficient (Wildman–Crippen LogP) is 2.01. The van der Waals surface area contributed by atoms with E-state index in [-0.39, 0.29) is 17.5 Å². The molecule has 0 aromatic carbocycles. The van der Waals surface area contributed by atoms with Gasteiger partial charge in [0.25, 0.3) is 5.91 Å². The van der Waals surface area contributed by atoms with E-state index in [9.17, 15) is 4.79 Å². The van der Waals surface area contributed by atoms with E-state index in [0.29, 0.717) is 42.1 Å². The minimum atomic E-state index is -0.223. The molecule has 134 valence electrons. The maximum Gasteiger partial charge on any atom is 0.276 e. The van der Waals surface area contributed by atoms with Crippen LogP contribution in [0.2, 0.25) is 0 Å². The maximum atomic E-state index is 12.5. The Hall–Kier alpha value is -3.82. The third kappa shape index (κ3) is 2.76. The molecule has 0 spiro atoms. The van der Waals surface area contributed by atoms with E-state index in [1.165, 1.54) is 6.26 Å². The molecule has 0 N–H and O–H groups in total. The molecular weight excluding hydrogens is 352 g/mol. The van der Waals surface area contributed by atoms with Gasteiger partial charge in [-0.1, -0.05) is 10.3 Å². The third-order valence-electron chi connectivity index (χ3n) is 4.22. The molecule has 10 heteroatoms. The van der Waals surface area contributed by atoms with E-state index < -0.39 is 0 Å². The maximum absolute atomic E-state index is 12.5. The van der Waals surface area contributed by atoms with E-state index in [0.717, 1.165) is 0 Å². The molecule has 0 unspecified atom stereocenters. The molecule has 10 nitrogen and oxygen atoms in total. The number of carbonyl (C=O) groups is 1. The smallest absolute Gasteiger partial charge is 0.276 e. The van der Waals surface area contributed by atoms with Crippen molar-refractivity contribution < 1.29 is 18.3 Å². The van der Waals surface area contributed by atoms with Gasteiger partial charge in [-0.2, -0.15) is 4.98 Å².